The second-order valence-corrected chi connectivity index (χ2v) is 8.98. The third kappa shape index (κ3) is 4.18. The molecule has 1 aliphatic rings. The minimum Gasteiger partial charge on any atom is -0.507 e. The van der Waals surface area contributed by atoms with Crippen LogP contribution in [0.3, 0.4) is 0 Å². The SMILES string of the molecule is CCOc1ccc(C(O)=C2C(=O)C(=O)N(c3nc4ccc(OCC)cc4s3)C2c2cccnc2)cc1. The van der Waals surface area contributed by atoms with E-state index in [1.165, 1.54) is 16.2 Å². The minimum absolute atomic E-state index is 0.0218. The van der Waals surface area contributed by atoms with Crippen molar-refractivity contribution in [1.82, 2.24) is 9.97 Å². The van der Waals surface area contributed by atoms with Crippen LogP contribution in [0, 0.1) is 0 Å². The van der Waals surface area contributed by atoms with E-state index in [9.17, 15) is 14.7 Å². The lowest BCUT2D eigenvalue weighted by atomic mass is 9.96. The standard InChI is InChI=1S/C27H23N3O5S/c1-3-34-18-9-7-16(8-10-18)24(31)22-23(17-6-5-13-28-15-17)30(26(33)25(22)32)27-29-20-12-11-19(35-4-2)14-21(20)36-27/h5-15,23,31H,3-4H2,1-2H3. The van der Waals surface area contributed by atoms with Gasteiger partial charge in [-0.2, -0.15) is 0 Å². The van der Waals surface area contributed by atoms with Gasteiger partial charge in [0.05, 0.1) is 35.0 Å². The Bertz CT molecular complexity index is 1460. The third-order valence-corrected chi connectivity index (χ3v) is 6.77. The summed E-state index contributed by atoms with van der Waals surface area (Å²) in [6.45, 7) is 4.81. The van der Waals surface area contributed by atoms with Gasteiger partial charge in [-0.15, -0.1) is 0 Å². The van der Waals surface area contributed by atoms with E-state index in [0.717, 1.165) is 4.70 Å². The number of aliphatic hydroxyl groups is 1. The van der Waals surface area contributed by atoms with E-state index < -0.39 is 17.7 Å². The number of nitrogens with zero attached hydrogens (tertiary/aromatic N) is 3. The van der Waals surface area contributed by atoms with Crippen molar-refractivity contribution in [3.63, 3.8) is 0 Å². The average molecular weight is 502 g/mol. The van der Waals surface area contributed by atoms with Crippen molar-refractivity contribution in [3.8, 4) is 11.5 Å². The van der Waals surface area contributed by atoms with E-state index in [-0.39, 0.29) is 11.3 Å². The van der Waals surface area contributed by atoms with Crippen LogP contribution in [-0.2, 0) is 9.59 Å². The van der Waals surface area contributed by atoms with Crippen molar-refractivity contribution in [2.24, 2.45) is 0 Å². The van der Waals surface area contributed by atoms with Crippen LogP contribution in [0.1, 0.15) is 31.0 Å². The number of aliphatic hydroxyl groups excluding tert-OH is 1. The Morgan fingerprint density at radius 2 is 1.75 bits per heavy atom. The number of Topliss-reactive ketones (excluding diaryl/α,β-unsaturated/α-hetero) is 1. The van der Waals surface area contributed by atoms with Gasteiger partial charge in [0, 0.05) is 18.0 Å². The van der Waals surface area contributed by atoms with E-state index in [0.29, 0.717) is 46.5 Å². The maximum Gasteiger partial charge on any atom is 0.301 e. The van der Waals surface area contributed by atoms with Crippen molar-refractivity contribution in [2.45, 2.75) is 19.9 Å². The van der Waals surface area contributed by atoms with Crippen LogP contribution in [0.2, 0.25) is 0 Å². The number of pyridine rings is 1. The van der Waals surface area contributed by atoms with Gasteiger partial charge in [0.2, 0.25) is 0 Å². The van der Waals surface area contributed by atoms with Crippen molar-refractivity contribution >= 4 is 44.1 Å². The summed E-state index contributed by atoms with van der Waals surface area (Å²) in [5.41, 5.74) is 1.64. The number of ether oxygens (including phenoxy) is 2. The van der Waals surface area contributed by atoms with E-state index in [4.69, 9.17) is 9.47 Å². The highest BCUT2D eigenvalue weighted by Gasteiger charge is 2.48. The Hall–Kier alpha value is -4.24. The number of fused-ring (bicyclic) bond motifs is 1. The van der Waals surface area contributed by atoms with Crippen molar-refractivity contribution in [2.75, 3.05) is 18.1 Å². The van der Waals surface area contributed by atoms with Gasteiger partial charge in [0.25, 0.3) is 5.78 Å². The molecule has 0 saturated carbocycles. The number of hydrogen-bond donors (Lipinski definition) is 1. The first-order valence-corrected chi connectivity index (χ1v) is 12.3. The molecular formula is C27H23N3O5S. The number of thiazole rings is 1. The molecule has 0 spiro atoms. The van der Waals surface area contributed by atoms with Gasteiger partial charge >= 0.3 is 5.91 Å². The summed E-state index contributed by atoms with van der Waals surface area (Å²) in [6.07, 6.45) is 3.19. The highest BCUT2D eigenvalue weighted by Crippen LogP contribution is 2.44. The van der Waals surface area contributed by atoms with Gasteiger partial charge in [-0.3, -0.25) is 19.5 Å². The molecule has 2 aromatic carbocycles. The molecule has 1 amide bonds. The van der Waals surface area contributed by atoms with Crippen molar-refractivity contribution in [1.29, 1.82) is 0 Å². The molecule has 182 valence electrons. The average Bonchev–Trinajstić information content (AvgIpc) is 3.43. The van der Waals surface area contributed by atoms with E-state index in [2.05, 4.69) is 9.97 Å². The molecule has 0 bridgehead atoms. The summed E-state index contributed by atoms with van der Waals surface area (Å²) in [5.74, 6) is -0.488. The summed E-state index contributed by atoms with van der Waals surface area (Å²) in [7, 11) is 0. The Morgan fingerprint density at radius 3 is 2.44 bits per heavy atom. The molecule has 1 aliphatic heterocycles. The quantitative estimate of drug-likeness (QED) is 0.213. The van der Waals surface area contributed by atoms with Gasteiger partial charge in [-0.05, 0) is 67.9 Å². The second-order valence-electron chi connectivity index (χ2n) is 7.97. The molecule has 1 saturated heterocycles. The molecule has 9 heteroatoms. The summed E-state index contributed by atoms with van der Waals surface area (Å²) < 4.78 is 11.9. The van der Waals surface area contributed by atoms with Crippen LogP contribution in [0.4, 0.5) is 5.13 Å². The van der Waals surface area contributed by atoms with Gasteiger partial charge in [0.1, 0.15) is 17.3 Å². The highest BCUT2D eigenvalue weighted by molar-refractivity contribution is 7.22. The van der Waals surface area contributed by atoms with Crippen molar-refractivity contribution in [3.05, 3.63) is 83.7 Å². The molecule has 0 aliphatic carbocycles. The molecule has 36 heavy (non-hydrogen) atoms. The monoisotopic (exact) mass is 501 g/mol. The molecule has 1 unspecified atom stereocenters. The predicted octanol–water partition coefficient (Wildman–Crippen LogP) is 5.12. The number of aromatic nitrogens is 2. The number of hydrogen-bond acceptors (Lipinski definition) is 8. The molecular weight excluding hydrogens is 478 g/mol. The molecule has 2 aromatic heterocycles. The molecule has 5 rings (SSSR count). The molecule has 8 nitrogen and oxygen atoms in total. The topological polar surface area (TPSA) is 102 Å². The second kappa shape index (κ2) is 9.79. The Balaban J connectivity index is 1.64. The van der Waals surface area contributed by atoms with Crippen LogP contribution in [0.15, 0.2) is 72.6 Å². The van der Waals surface area contributed by atoms with Crippen molar-refractivity contribution < 1.29 is 24.2 Å². The number of carbonyl (C=O) groups excluding carboxylic acids is 2. The van der Waals surface area contributed by atoms with Crippen LogP contribution >= 0.6 is 11.3 Å². The van der Waals surface area contributed by atoms with E-state index in [1.807, 2.05) is 32.0 Å². The predicted molar refractivity (Wildman–Crippen MR) is 137 cm³/mol. The Labute approximate surface area is 211 Å². The van der Waals surface area contributed by atoms with Crippen LogP contribution in [0.5, 0.6) is 11.5 Å². The molecule has 4 aromatic rings. The van der Waals surface area contributed by atoms with Gasteiger partial charge in [0.15, 0.2) is 5.13 Å². The van der Waals surface area contributed by atoms with Crippen LogP contribution in [-0.4, -0.2) is 40.0 Å². The zero-order valence-electron chi connectivity index (χ0n) is 19.7. The summed E-state index contributed by atoms with van der Waals surface area (Å²) in [5, 5.41) is 11.6. The lowest BCUT2D eigenvalue weighted by Gasteiger charge is -2.22. The first kappa shape index (κ1) is 23.5. The van der Waals surface area contributed by atoms with E-state index in [1.54, 1.807) is 48.8 Å². The fourth-order valence-electron chi connectivity index (χ4n) is 4.17. The smallest absolute Gasteiger partial charge is 0.301 e. The molecule has 1 atom stereocenters. The highest BCUT2D eigenvalue weighted by atomic mass is 32.1. The van der Waals surface area contributed by atoms with Gasteiger partial charge in [-0.25, -0.2) is 4.98 Å². The number of ketones is 1. The van der Waals surface area contributed by atoms with Gasteiger partial charge < -0.3 is 14.6 Å². The van der Waals surface area contributed by atoms with Gasteiger partial charge in [-0.1, -0.05) is 17.4 Å². The number of amides is 1. The number of anilines is 1. The number of carbonyl (C=O) groups is 2. The molecule has 1 fully saturated rings. The summed E-state index contributed by atoms with van der Waals surface area (Å²) in [4.78, 5) is 36.8. The largest absolute Gasteiger partial charge is 0.507 e. The normalized spacial score (nSPS) is 17.1. The Morgan fingerprint density at radius 1 is 1.03 bits per heavy atom. The number of benzene rings is 2. The fraction of sp³-hybridized carbons (Fsp3) is 0.185. The fourth-order valence-corrected chi connectivity index (χ4v) is 5.19. The third-order valence-electron chi connectivity index (χ3n) is 5.75. The zero-order chi connectivity index (χ0) is 25.2. The molecule has 3 heterocycles. The number of rotatable bonds is 7. The maximum atomic E-state index is 13.4. The van der Waals surface area contributed by atoms with E-state index >= 15 is 0 Å². The lowest BCUT2D eigenvalue weighted by molar-refractivity contribution is -0.132. The van der Waals surface area contributed by atoms with Crippen LogP contribution in [0.25, 0.3) is 16.0 Å². The first-order valence-electron chi connectivity index (χ1n) is 11.5. The molecule has 0 radical (unpaired) electrons. The first-order chi connectivity index (χ1) is 17.5. The Kier molecular flexibility index (Phi) is 6.39. The maximum absolute atomic E-state index is 13.4. The molecule has 1 N–H and O–H groups in total. The minimum atomic E-state index is -0.891. The lowest BCUT2D eigenvalue weighted by Crippen LogP contribution is -2.29. The van der Waals surface area contributed by atoms with Crippen LogP contribution < -0.4 is 14.4 Å². The summed E-state index contributed by atoms with van der Waals surface area (Å²) in [6, 6.07) is 14.8. The zero-order valence-corrected chi connectivity index (χ0v) is 20.5. The summed E-state index contributed by atoms with van der Waals surface area (Å²) >= 11 is 1.28.